The second kappa shape index (κ2) is 5.00. The molecule has 0 bridgehead atoms. The van der Waals surface area contributed by atoms with Crippen molar-refractivity contribution in [3.05, 3.63) is 21.6 Å². The Labute approximate surface area is 98.7 Å². The highest BCUT2D eigenvalue weighted by atomic mass is 79.9. The summed E-state index contributed by atoms with van der Waals surface area (Å²) < 4.78 is 14.7. The maximum atomic E-state index is 11.2. The summed E-state index contributed by atoms with van der Waals surface area (Å²) in [5.74, 6) is 0.521. The van der Waals surface area contributed by atoms with Crippen LogP contribution in [0.1, 0.15) is 6.92 Å². The molecule has 14 heavy (non-hydrogen) atoms. The monoisotopic (exact) mass is 296 g/mol. The van der Waals surface area contributed by atoms with Gasteiger partial charge in [0.2, 0.25) is 0 Å². The van der Waals surface area contributed by atoms with Crippen LogP contribution in [-0.4, -0.2) is 9.96 Å². The van der Waals surface area contributed by atoms with Gasteiger partial charge in [0.15, 0.2) is 0 Å². The molecule has 3 N–H and O–H groups in total. The lowest BCUT2D eigenvalue weighted by Gasteiger charge is -2.08. The second-order valence-corrected chi connectivity index (χ2v) is 5.32. The molecule has 1 atom stereocenters. The fourth-order valence-corrected chi connectivity index (χ4v) is 1.94. The number of hydrogen-bond acceptors (Lipinski definition) is 2. The van der Waals surface area contributed by atoms with E-state index in [0.29, 0.717) is 22.2 Å². The summed E-state index contributed by atoms with van der Waals surface area (Å²) in [7, 11) is -1.11. The van der Waals surface area contributed by atoms with Crippen LogP contribution in [0.25, 0.3) is 0 Å². The third-order valence-corrected chi connectivity index (χ3v) is 3.75. The van der Waals surface area contributed by atoms with E-state index in [2.05, 4.69) is 20.7 Å². The smallest absolute Gasteiger partial charge is 0.116 e. The first-order valence-corrected chi connectivity index (χ1v) is 6.43. The molecule has 0 aliphatic heterocycles. The zero-order chi connectivity index (χ0) is 10.7. The third kappa shape index (κ3) is 2.87. The van der Waals surface area contributed by atoms with Gasteiger partial charge in [0, 0.05) is 10.2 Å². The molecule has 1 rings (SSSR count). The molecule has 1 aromatic carbocycles. The molecule has 6 heteroatoms. The normalized spacial score (nSPS) is 12.5. The van der Waals surface area contributed by atoms with Crippen LogP contribution in [0.15, 0.2) is 16.6 Å². The number of halogens is 2. The van der Waals surface area contributed by atoms with Crippen molar-refractivity contribution in [2.45, 2.75) is 6.92 Å². The van der Waals surface area contributed by atoms with Gasteiger partial charge in [-0.05, 0) is 28.1 Å². The van der Waals surface area contributed by atoms with E-state index in [1.807, 2.05) is 6.92 Å². The van der Waals surface area contributed by atoms with Gasteiger partial charge in [0.25, 0.3) is 0 Å². The van der Waals surface area contributed by atoms with E-state index in [4.69, 9.17) is 17.3 Å². The van der Waals surface area contributed by atoms with Crippen molar-refractivity contribution in [2.24, 2.45) is 0 Å². The van der Waals surface area contributed by atoms with E-state index in [-0.39, 0.29) is 0 Å². The van der Waals surface area contributed by atoms with Gasteiger partial charge < -0.3 is 10.5 Å². The first kappa shape index (κ1) is 11.8. The van der Waals surface area contributed by atoms with E-state index in [1.54, 1.807) is 12.1 Å². The first-order valence-electron chi connectivity index (χ1n) is 3.94. The van der Waals surface area contributed by atoms with E-state index in [9.17, 15) is 4.21 Å². The summed E-state index contributed by atoms with van der Waals surface area (Å²) in [4.78, 5) is 0. The minimum atomic E-state index is -1.11. The van der Waals surface area contributed by atoms with Crippen LogP contribution in [0.5, 0.6) is 0 Å². The largest absolute Gasteiger partial charge is 0.397 e. The van der Waals surface area contributed by atoms with E-state index in [0.717, 1.165) is 4.47 Å². The summed E-state index contributed by atoms with van der Waals surface area (Å²) in [6.07, 6.45) is 0. The molecule has 0 saturated carbocycles. The number of rotatable bonds is 3. The molecule has 1 aromatic rings. The van der Waals surface area contributed by atoms with Gasteiger partial charge in [-0.15, -0.1) is 0 Å². The van der Waals surface area contributed by atoms with Crippen LogP contribution in [0.4, 0.5) is 11.4 Å². The Morgan fingerprint density at radius 2 is 2.29 bits per heavy atom. The molecule has 0 heterocycles. The predicted molar refractivity (Wildman–Crippen MR) is 65.9 cm³/mol. The van der Waals surface area contributed by atoms with Crippen LogP contribution in [0, 0.1) is 0 Å². The van der Waals surface area contributed by atoms with Crippen LogP contribution >= 0.6 is 27.5 Å². The fourth-order valence-electron chi connectivity index (χ4n) is 0.845. The van der Waals surface area contributed by atoms with Gasteiger partial charge in [-0.1, -0.05) is 18.5 Å². The molecule has 3 nitrogen and oxygen atoms in total. The Morgan fingerprint density at radius 3 is 2.86 bits per heavy atom. The van der Waals surface area contributed by atoms with Gasteiger partial charge in [-0.3, -0.25) is 0 Å². The summed E-state index contributed by atoms with van der Waals surface area (Å²) in [5, 5.41) is 0.537. The SMILES string of the molecule is CCS(=O)Nc1cc(Cl)c(Br)cc1N. The third-order valence-electron chi connectivity index (χ3n) is 1.58. The maximum Gasteiger partial charge on any atom is 0.116 e. The van der Waals surface area contributed by atoms with Gasteiger partial charge >= 0.3 is 0 Å². The Kier molecular flexibility index (Phi) is 4.22. The molecule has 0 aliphatic carbocycles. The minimum Gasteiger partial charge on any atom is -0.397 e. The number of nitrogens with two attached hydrogens (primary N) is 1. The lowest BCUT2D eigenvalue weighted by molar-refractivity contribution is 0.687. The van der Waals surface area contributed by atoms with Crippen molar-refractivity contribution in [3.8, 4) is 0 Å². The van der Waals surface area contributed by atoms with Crippen LogP contribution in [-0.2, 0) is 11.0 Å². The van der Waals surface area contributed by atoms with Crippen molar-refractivity contribution in [2.75, 3.05) is 16.2 Å². The van der Waals surface area contributed by atoms with Crippen molar-refractivity contribution in [1.82, 2.24) is 0 Å². The first-order chi connectivity index (χ1) is 6.54. The summed E-state index contributed by atoms with van der Waals surface area (Å²) in [6, 6.07) is 3.33. The van der Waals surface area contributed by atoms with Crippen LogP contribution in [0.2, 0.25) is 5.02 Å². The average molecular weight is 298 g/mol. The Bertz CT molecular complexity index is 373. The highest BCUT2D eigenvalue weighted by Gasteiger charge is 2.06. The molecule has 0 aromatic heterocycles. The fraction of sp³-hybridized carbons (Fsp3) is 0.250. The summed E-state index contributed by atoms with van der Waals surface area (Å²) in [6.45, 7) is 1.82. The number of nitrogens with one attached hydrogen (secondary N) is 1. The summed E-state index contributed by atoms with van der Waals surface area (Å²) in [5.41, 5.74) is 6.82. The predicted octanol–water partition coefficient (Wildman–Crippen LogP) is 2.78. The zero-order valence-corrected chi connectivity index (χ0v) is 10.7. The number of nitrogen functional groups attached to an aromatic ring is 1. The lowest BCUT2D eigenvalue weighted by Crippen LogP contribution is -2.08. The topological polar surface area (TPSA) is 55.1 Å². The maximum absolute atomic E-state index is 11.2. The van der Waals surface area contributed by atoms with Crippen molar-refractivity contribution in [3.63, 3.8) is 0 Å². The van der Waals surface area contributed by atoms with Gasteiger partial charge in [0.05, 0.1) is 16.4 Å². The highest BCUT2D eigenvalue weighted by molar-refractivity contribution is 9.10. The zero-order valence-electron chi connectivity index (χ0n) is 7.51. The quantitative estimate of drug-likeness (QED) is 0.843. The Morgan fingerprint density at radius 1 is 1.64 bits per heavy atom. The minimum absolute atomic E-state index is 0.517. The van der Waals surface area contributed by atoms with Crippen molar-refractivity contribution >= 4 is 49.9 Å². The highest BCUT2D eigenvalue weighted by Crippen LogP contribution is 2.31. The van der Waals surface area contributed by atoms with Crippen LogP contribution < -0.4 is 10.5 Å². The van der Waals surface area contributed by atoms with Crippen LogP contribution in [0.3, 0.4) is 0 Å². The lowest BCUT2D eigenvalue weighted by atomic mass is 10.3. The standard InChI is InChI=1S/C8H10BrClN2OS/c1-2-14(13)12-8-4-6(10)5(9)3-7(8)11/h3-4,12H,2,11H2,1H3. The molecule has 78 valence electrons. The Hall–Kier alpha value is -0.260. The number of hydrogen-bond donors (Lipinski definition) is 2. The molecule has 0 saturated heterocycles. The molecule has 0 spiro atoms. The molecular formula is C8H10BrClN2OS. The molecular weight excluding hydrogens is 288 g/mol. The molecule has 0 radical (unpaired) electrons. The van der Waals surface area contributed by atoms with Gasteiger partial charge in [-0.2, -0.15) is 0 Å². The van der Waals surface area contributed by atoms with E-state index in [1.165, 1.54) is 0 Å². The molecule has 0 aliphatic rings. The van der Waals surface area contributed by atoms with Gasteiger partial charge in [0.1, 0.15) is 11.0 Å². The van der Waals surface area contributed by atoms with Crippen molar-refractivity contribution in [1.29, 1.82) is 0 Å². The molecule has 1 unspecified atom stereocenters. The Balaban J connectivity index is 2.98. The average Bonchev–Trinajstić information content (AvgIpc) is 2.14. The van der Waals surface area contributed by atoms with E-state index >= 15 is 0 Å². The van der Waals surface area contributed by atoms with Gasteiger partial charge in [-0.25, -0.2) is 4.21 Å². The second-order valence-electron chi connectivity index (χ2n) is 2.59. The van der Waals surface area contributed by atoms with Crippen molar-refractivity contribution < 1.29 is 4.21 Å². The number of anilines is 2. The summed E-state index contributed by atoms with van der Waals surface area (Å²) >= 11 is 9.12. The molecule has 0 amide bonds. The van der Waals surface area contributed by atoms with E-state index < -0.39 is 11.0 Å². The molecule has 0 fully saturated rings. The number of benzene rings is 1.